The molecule has 0 bridgehead atoms. The molecule has 1 amide bonds. The maximum absolute atomic E-state index is 12.0. The minimum Gasteiger partial charge on any atom is -0.379 e. The van der Waals surface area contributed by atoms with Crippen molar-refractivity contribution < 1.29 is 9.53 Å². The molecule has 1 fully saturated rings. The van der Waals surface area contributed by atoms with Gasteiger partial charge in [0.1, 0.15) is 0 Å². The fourth-order valence-electron chi connectivity index (χ4n) is 2.82. The number of ether oxygens (including phenoxy) is 1. The van der Waals surface area contributed by atoms with Crippen molar-refractivity contribution in [3.05, 3.63) is 53.9 Å². The van der Waals surface area contributed by atoms with Crippen LogP contribution in [0.3, 0.4) is 0 Å². The Hall–Kier alpha value is -2.51. The zero-order valence-corrected chi connectivity index (χ0v) is 14.9. The standard InChI is InChI=1S/C19H25N5O2/c25-18(5-8-22-19-20-6-2-7-21-19)23-14-16-3-1-4-17(13-16)15-24-9-11-26-12-10-24/h1-4,6-7,13H,5,8-12,14-15H2,(H,23,25)(H,20,21,22). The predicted molar refractivity (Wildman–Crippen MR) is 99.5 cm³/mol. The zero-order chi connectivity index (χ0) is 18.0. The van der Waals surface area contributed by atoms with Crippen molar-refractivity contribution in [3.8, 4) is 0 Å². The van der Waals surface area contributed by atoms with Gasteiger partial charge in [0.05, 0.1) is 13.2 Å². The largest absolute Gasteiger partial charge is 0.379 e. The van der Waals surface area contributed by atoms with Gasteiger partial charge < -0.3 is 15.4 Å². The second-order valence-electron chi connectivity index (χ2n) is 6.23. The number of aromatic nitrogens is 2. The molecule has 0 radical (unpaired) electrons. The molecule has 1 aromatic heterocycles. The summed E-state index contributed by atoms with van der Waals surface area (Å²) >= 11 is 0. The van der Waals surface area contributed by atoms with Gasteiger partial charge in [-0.15, -0.1) is 0 Å². The maximum atomic E-state index is 12.0. The van der Waals surface area contributed by atoms with Gasteiger partial charge in [-0.05, 0) is 17.2 Å². The molecule has 7 nitrogen and oxygen atoms in total. The van der Waals surface area contributed by atoms with E-state index in [-0.39, 0.29) is 5.91 Å². The maximum Gasteiger partial charge on any atom is 0.222 e. The van der Waals surface area contributed by atoms with Crippen molar-refractivity contribution in [1.29, 1.82) is 0 Å². The van der Waals surface area contributed by atoms with Crippen LogP contribution in [0.5, 0.6) is 0 Å². The van der Waals surface area contributed by atoms with E-state index in [2.05, 4.69) is 37.6 Å². The minimum atomic E-state index is 0.00649. The fourth-order valence-corrected chi connectivity index (χ4v) is 2.82. The lowest BCUT2D eigenvalue weighted by Crippen LogP contribution is -2.35. The lowest BCUT2D eigenvalue weighted by molar-refractivity contribution is -0.121. The first-order chi connectivity index (χ1) is 12.8. The molecule has 2 N–H and O–H groups in total. The number of carbonyl (C=O) groups excluding carboxylic acids is 1. The molecule has 2 heterocycles. The highest BCUT2D eigenvalue weighted by Crippen LogP contribution is 2.10. The van der Waals surface area contributed by atoms with Crippen LogP contribution in [-0.4, -0.2) is 53.6 Å². The van der Waals surface area contributed by atoms with Gasteiger partial charge in [0, 0.05) is 51.5 Å². The highest BCUT2D eigenvalue weighted by Gasteiger charge is 2.11. The number of rotatable bonds is 8. The Labute approximate surface area is 153 Å². The van der Waals surface area contributed by atoms with E-state index >= 15 is 0 Å². The van der Waals surface area contributed by atoms with Gasteiger partial charge in [-0.3, -0.25) is 9.69 Å². The van der Waals surface area contributed by atoms with Crippen LogP contribution in [0.25, 0.3) is 0 Å². The van der Waals surface area contributed by atoms with Gasteiger partial charge in [-0.1, -0.05) is 24.3 Å². The van der Waals surface area contributed by atoms with Crippen LogP contribution < -0.4 is 10.6 Å². The summed E-state index contributed by atoms with van der Waals surface area (Å²) in [4.78, 5) is 22.5. The Balaban J connectivity index is 1.39. The van der Waals surface area contributed by atoms with E-state index in [0.29, 0.717) is 25.5 Å². The molecule has 0 spiro atoms. The highest BCUT2D eigenvalue weighted by molar-refractivity contribution is 5.76. The van der Waals surface area contributed by atoms with Crippen LogP contribution in [0.2, 0.25) is 0 Å². The molecule has 1 saturated heterocycles. The molecule has 1 aliphatic rings. The lowest BCUT2D eigenvalue weighted by Gasteiger charge is -2.26. The van der Waals surface area contributed by atoms with Gasteiger partial charge in [0.2, 0.25) is 11.9 Å². The number of hydrogen-bond acceptors (Lipinski definition) is 6. The van der Waals surface area contributed by atoms with E-state index < -0.39 is 0 Å². The number of amides is 1. The molecule has 26 heavy (non-hydrogen) atoms. The third kappa shape index (κ3) is 6.09. The number of morpholine rings is 1. The van der Waals surface area contributed by atoms with Crippen LogP contribution in [0.1, 0.15) is 17.5 Å². The van der Waals surface area contributed by atoms with Crippen molar-refractivity contribution in [1.82, 2.24) is 20.2 Å². The summed E-state index contributed by atoms with van der Waals surface area (Å²) in [5.41, 5.74) is 2.38. The van der Waals surface area contributed by atoms with E-state index in [1.54, 1.807) is 18.5 Å². The highest BCUT2D eigenvalue weighted by atomic mass is 16.5. The molecule has 0 unspecified atom stereocenters. The van der Waals surface area contributed by atoms with Crippen molar-refractivity contribution in [3.63, 3.8) is 0 Å². The first-order valence-corrected chi connectivity index (χ1v) is 8.95. The lowest BCUT2D eigenvalue weighted by atomic mass is 10.1. The number of carbonyl (C=O) groups is 1. The van der Waals surface area contributed by atoms with Crippen LogP contribution in [0.4, 0.5) is 5.95 Å². The van der Waals surface area contributed by atoms with E-state index in [4.69, 9.17) is 4.74 Å². The number of nitrogens with one attached hydrogen (secondary N) is 2. The molecule has 3 rings (SSSR count). The van der Waals surface area contributed by atoms with Crippen LogP contribution >= 0.6 is 0 Å². The SMILES string of the molecule is O=C(CCNc1ncccn1)NCc1cccc(CN2CCOCC2)c1. The number of anilines is 1. The molecule has 2 aromatic rings. The van der Waals surface area contributed by atoms with Crippen molar-refractivity contribution >= 4 is 11.9 Å². The summed E-state index contributed by atoms with van der Waals surface area (Å²) in [6.07, 6.45) is 3.71. The Bertz CT molecular complexity index is 689. The minimum absolute atomic E-state index is 0.00649. The monoisotopic (exact) mass is 355 g/mol. The average Bonchev–Trinajstić information content (AvgIpc) is 2.68. The summed E-state index contributed by atoms with van der Waals surface area (Å²) in [6, 6.07) is 10.1. The zero-order valence-electron chi connectivity index (χ0n) is 14.9. The fraction of sp³-hybridized carbons (Fsp3) is 0.421. The van der Waals surface area contributed by atoms with Gasteiger partial charge in [0.25, 0.3) is 0 Å². The van der Waals surface area contributed by atoms with Crippen LogP contribution in [-0.2, 0) is 22.6 Å². The Morgan fingerprint density at radius 3 is 2.69 bits per heavy atom. The molecular formula is C19H25N5O2. The second-order valence-corrected chi connectivity index (χ2v) is 6.23. The molecule has 7 heteroatoms. The molecule has 0 saturated carbocycles. The Kier molecular flexibility index (Phi) is 6.92. The summed E-state index contributed by atoms with van der Waals surface area (Å²) in [6.45, 7) is 5.52. The van der Waals surface area contributed by atoms with Gasteiger partial charge in [0.15, 0.2) is 0 Å². The molecule has 0 atom stereocenters. The molecule has 138 valence electrons. The average molecular weight is 355 g/mol. The first-order valence-electron chi connectivity index (χ1n) is 8.95. The van der Waals surface area contributed by atoms with Crippen molar-refractivity contribution in [2.45, 2.75) is 19.5 Å². The summed E-state index contributed by atoms with van der Waals surface area (Å²) < 4.78 is 5.38. The van der Waals surface area contributed by atoms with E-state index in [9.17, 15) is 4.79 Å². The molecule has 1 aliphatic heterocycles. The van der Waals surface area contributed by atoms with Gasteiger partial charge >= 0.3 is 0 Å². The van der Waals surface area contributed by atoms with Crippen molar-refractivity contribution in [2.75, 3.05) is 38.2 Å². The number of benzene rings is 1. The van der Waals surface area contributed by atoms with E-state index in [1.807, 2.05) is 12.1 Å². The Morgan fingerprint density at radius 2 is 1.88 bits per heavy atom. The predicted octanol–water partition coefficient (Wildman–Crippen LogP) is 1.43. The smallest absolute Gasteiger partial charge is 0.222 e. The molecule has 1 aromatic carbocycles. The first kappa shape index (κ1) is 18.3. The number of nitrogens with zero attached hydrogens (tertiary/aromatic N) is 3. The van der Waals surface area contributed by atoms with Crippen LogP contribution in [0, 0.1) is 0 Å². The van der Waals surface area contributed by atoms with Gasteiger partial charge in [-0.2, -0.15) is 0 Å². The third-order valence-electron chi connectivity index (χ3n) is 4.19. The topological polar surface area (TPSA) is 79.4 Å². The summed E-state index contributed by atoms with van der Waals surface area (Å²) in [5.74, 6) is 0.545. The van der Waals surface area contributed by atoms with E-state index in [0.717, 1.165) is 38.4 Å². The quantitative estimate of drug-likeness (QED) is 0.746. The molecular weight excluding hydrogens is 330 g/mol. The number of hydrogen-bond donors (Lipinski definition) is 2. The van der Waals surface area contributed by atoms with Crippen molar-refractivity contribution in [2.24, 2.45) is 0 Å². The summed E-state index contributed by atoms with van der Waals surface area (Å²) in [5, 5.41) is 5.99. The van der Waals surface area contributed by atoms with E-state index in [1.165, 1.54) is 5.56 Å². The second kappa shape index (κ2) is 9.84. The van der Waals surface area contributed by atoms with Gasteiger partial charge in [-0.25, -0.2) is 9.97 Å². The third-order valence-corrected chi connectivity index (χ3v) is 4.19. The van der Waals surface area contributed by atoms with Crippen LogP contribution in [0.15, 0.2) is 42.7 Å². The molecule has 0 aliphatic carbocycles. The normalized spacial score (nSPS) is 14.8. The summed E-state index contributed by atoms with van der Waals surface area (Å²) in [7, 11) is 0. The Morgan fingerprint density at radius 1 is 1.12 bits per heavy atom.